The van der Waals surface area contributed by atoms with Gasteiger partial charge in [0, 0.05) is 43.1 Å². The zero-order valence-corrected chi connectivity index (χ0v) is 20.1. The van der Waals surface area contributed by atoms with E-state index in [2.05, 4.69) is 57.4 Å². The number of thiocarbonyl (C=S) groups is 1. The van der Waals surface area contributed by atoms with Crippen molar-refractivity contribution in [3.8, 4) is 0 Å². The Morgan fingerprint density at radius 1 is 1.27 bits per heavy atom. The smallest absolute Gasteiger partial charge is 0.250 e. The van der Waals surface area contributed by atoms with Crippen LogP contribution in [0.1, 0.15) is 48.8 Å². The van der Waals surface area contributed by atoms with Gasteiger partial charge in [-0.2, -0.15) is 0 Å². The first-order valence-electron chi connectivity index (χ1n) is 11.0. The number of ether oxygens (including phenoxy) is 1. The summed E-state index contributed by atoms with van der Waals surface area (Å²) >= 11 is 5.81. The molecule has 2 N–H and O–H groups in total. The van der Waals surface area contributed by atoms with E-state index >= 15 is 0 Å². The van der Waals surface area contributed by atoms with E-state index in [4.69, 9.17) is 17.0 Å². The molecule has 2 atom stereocenters. The van der Waals surface area contributed by atoms with Crippen molar-refractivity contribution in [2.24, 2.45) is 0 Å². The van der Waals surface area contributed by atoms with E-state index in [1.165, 1.54) is 7.11 Å². The van der Waals surface area contributed by atoms with Crippen LogP contribution in [0.3, 0.4) is 0 Å². The summed E-state index contributed by atoms with van der Waals surface area (Å²) in [6.45, 7) is 6.31. The summed E-state index contributed by atoms with van der Waals surface area (Å²) < 4.78 is 7.12. The van der Waals surface area contributed by atoms with Gasteiger partial charge in [-0.25, -0.2) is 0 Å². The monoisotopic (exact) mass is 463 g/mol. The van der Waals surface area contributed by atoms with Gasteiger partial charge in [-0.3, -0.25) is 9.78 Å². The highest BCUT2D eigenvalue weighted by Crippen LogP contribution is 2.42. The third-order valence-corrected chi connectivity index (χ3v) is 6.13. The van der Waals surface area contributed by atoms with Gasteiger partial charge in [-0.05, 0) is 80.5 Å². The van der Waals surface area contributed by atoms with Crippen molar-refractivity contribution in [3.05, 3.63) is 77.9 Å². The minimum atomic E-state index is -0.185. The molecule has 0 aliphatic carbocycles. The lowest BCUT2D eigenvalue weighted by Crippen LogP contribution is -2.29. The van der Waals surface area contributed by atoms with Crippen LogP contribution in [0.5, 0.6) is 0 Å². The number of benzene rings is 1. The summed E-state index contributed by atoms with van der Waals surface area (Å²) in [4.78, 5) is 18.7. The lowest BCUT2D eigenvalue weighted by atomic mass is 9.98. The van der Waals surface area contributed by atoms with Crippen LogP contribution in [0, 0.1) is 6.92 Å². The minimum Gasteiger partial charge on any atom is -0.375 e. The summed E-state index contributed by atoms with van der Waals surface area (Å²) in [6.07, 6.45) is 6.09. The van der Waals surface area contributed by atoms with Crippen molar-refractivity contribution in [3.63, 3.8) is 0 Å². The largest absolute Gasteiger partial charge is 0.375 e. The number of hydrogen-bond donors (Lipinski definition) is 2. The van der Waals surface area contributed by atoms with Gasteiger partial charge in [0.1, 0.15) is 6.61 Å². The molecule has 7 nitrogen and oxygen atoms in total. The number of rotatable bonds is 7. The molecule has 3 heterocycles. The highest BCUT2D eigenvalue weighted by Gasteiger charge is 2.41. The molecular formula is C25H29N5O2S. The summed E-state index contributed by atoms with van der Waals surface area (Å²) in [5.41, 5.74) is 4.74. The third-order valence-electron chi connectivity index (χ3n) is 5.81. The van der Waals surface area contributed by atoms with Gasteiger partial charge < -0.3 is 24.8 Å². The Morgan fingerprint density at radius 2 is 2.09 bits per heavy atom. The molecule has 4 rings (SSSR count). The van der Waals surface area contributed by atoms with Gasteiger partial charge >= 0.3 is 0 Å². The van der Waals surface area contributed by atoms with Gasteiger partial charge in [0.2, 0.25) is 5.91 Å². The first kappa shape index (κ1) is 22.9. The maximum Gasteiger partial charge on any atom is 0.250 e. The molecule has 1 amide bonds. The molecule has 0 unspecified atom stereocenters. The molecule has 1 aliphatic heterocycles. The molecule has 33 heavy (non-hydrogen) atoms. The van der Waals surface area contributed by atoms with Crippen molar-refractivity contribution >= 4 is 34.6 Å². The Hall–Kier alpha value is -3.23. The lowest BCUT2D eigenvalue weighted by molar-refractivity contribution is -0.119. The molecule has 1 saturated heterocycles. The van der Waals surface area contributed by atoms with Crippen molar-refractivity contribution in [1.29, 1.82) is 0 Å². The molecule has 1 aliphatic rings. The molecule has 1 aromatic carbocycles. The van der Waals surface area contributed by atoms with Crippen LogP contribution in [0.4, 0.5) is 11.4 Å². The highest BCUT2D eigenvalue weighted by molar-refractivity contribution is 7.80. The van der Waals surface area contributed by atoms with E-state index in [-0.39, 0.29) is 24.6 Å². The van der Waals surface area contributed by atoms with E-state index in [1.807, 2.05) is 43.3 Å². The topological polar surface area (TPSA) is 71.4 Å². The van der Waals surface area contributed by atoms with Crippen LogP contribution in [0.15, 0.2) is 61.1 Å². The number of amides is 1. The quantitative estimate of drug-likeness (QED) is 0.502. The van der Waals surface area contributed by atoms with Gasteiger partial charge in [-0.1, -0.05) is 6.07 Å². The SMILES string of the molecule is COCC(=O)Nc1ccc(N2C(=S)N[C@H](c3ccccn3)[C@H]2c2ccn(C(C)C)c2)cc1C. The van der Waals surface area contributed by atoms with Crippen LogP contribution < -0.4 is 15.5 Å². The van der Waals surface area contributed by atoms with Gasteiger partial charge in [0.25, 0.3) is 0 Å². The number of aromatic nitrogens is 2. The number of pyridine rings is 1. The highest BCUT2D eigenvalue weighted by atomic mass is 32.1. The van der Waals surface area contributed by atoms with Crippen molar-refractivity contribution in [1.82, 2.24) is 14.9 Å². The first-order chi connectivity index (χ1) is 15.9. The second-order valence-corrected chi connectivity index (χ2v) is 8.85. The Labute approximate surface area is 199 Å². The standard InChI is InChI=1S/C25H29N5O2S/c1-16(2)29-12-10-18(14-29)24-23(21-7-5-6-11-26-21)28-25(33)30(24)19-8-9-20(17(3)13-19)27-22(31)15-32-4/h5-14,16,23-24H,15H2,1-4H3,(H,27,31)(H,28,33)/t23-,24-/m1/s1. The lowest BCUT2D eigenvalue weighted by Gasteiger charge is -2.28. The zero-order valence-electron chi connectivity index (χ0n) is 19.3. The van der Waals surface area contributed by atoms with E-state index in [1.54, 1.807) is 6.20 Å². The number of hydrogen-bond acceptors (Lipinski definition) is 4. The predicted molar refractivity (Wildman–Crippen MR) is 134 cm³/mol. The van der Waals surface area contributed by atoms with Crippen molar-refractivity contribution in [2.75, 3.05) is 23.9 Å². The summed E-state index contributed by atoms with van der Waals surface area (Å²) in [6, 6.07) is 14.2. The first-order valence-corrected chi connectivity index (χ1v) is 11.4. The Balaban J connectivity index is 1.72. The molecule has 1 fully saturated rings. The second kappa shape index (κ2) is 9.72. The van der Waals surface area contributed by atoms with E-state index in [9.17, 15) is 4.79 Å². The third kappa shape index (κ3) is 4.77. The number of nitrogens with zero attached hydrogens (tertiary/aromatic N) is 3. The average Bonchev–Trinajstić information content (AvgIpc) is 3.41. The van der Waals surface area contributed by atoms with Gasteiger partial charge in [0.05, 0.1) is 17.8 Å². The van der Waals surface area contributed by atoms with Crippen LogP contribution in [0.2, 0.25) is 0 Å². The normalized spacial score (nSPS) is 18.0. The molecule has 2 aromatic heterocycles. The maximum absolute atomic E-state index is 12.0. The second-order valence-electron chi connectivity index (χ2n) is 8.46. The van der Waals surface area contributed by atoms with E-state index in [0.29, 0.717) is 11.2 Å². The molecule has 3 aromatic rings. The number of carbonyl (C=O) groups excluding carboxylic acids is 1. The zero-order chi connectivity index (χ0) is 23.5. The van der Waals surface area contributed by atoms with Crippen LogP contribution in [0.25, 0.3) is 0 Å². The van der Waals surface area contributed by atoms with Gasteiger partial charge in [0.15, 0.2) is 5.11 Å². The number of anilines is 2. The molecule has 0 saturated carbocycles. The van der Waals surface area contributed by atoms with Gasteiger partial charge in [-0.15, -0.1) is 0 Å². The molecule has 0 radical (unpaired) electrons. The molecule has 0 bridgehead atoms. The molecule has 0 spiro atoms. The molecule has 8 heteroatoms. The maximum atomic E-state index is 12.0. The summed E-state index contributed by atoms with van der Waals surface area (Å²) in [5, 5.41) is 7.02. The van der Waals surface area contributed by atoms with Crippen LogP contribution in [-0.2, 0) is 9.53 Å². The number of nitrogens with one attached hydrogen (secondary N) is 2. The average molecular weight is 464 g/mol. The molecular weight excluding hydrogens is 434 g/mol. The minimum absolute atomic E-state index is 0.0159. The van der Waals surface area contributed by atoms with Crippen molar-refractivity contribution < 1.29 is 9.53 Å². The fourth-order valence-corrected chi connectivity index (χ4v) is 4.50. The molecule has 172 valence electrons. The van der Waals surface area contributed by atoms with E-state index in [0.717, 1.165) is 28.2 Å². The van der Waals surface area contributed by atoms with Crippen molar-refractivity contribution in [2.45, 2.75) is 38.9 Å². The Morgan fingerprint density at radius 3 is 2.73 bits per heavy atom. The fraction of sp³-hybridized carbons (Fsp3) is 0.320. The van der Waals surface area contributed by atoms with Crippen LogP contribution >= 0.6 is 12.2 Å². The number of methoxy groups -OCH3 is 1. The number of aryl methyl sites for hydroxylation is 1. The number of carbonyl (C=O) groups is 1. The summed E-state index contributed by atoms with van der Waals surface area (Å²) in [5.74, 6) is -0.185. The Bertz CT molecular complexity index is 1140. The van der Waals surface area contributed by atoms with Crippen LogP contribution in [-0.4, -0.2) is 34.3 Å². The predicted octanol–water partition coefficient (Wildman–Crippen LogP) is 4.53. The fourth-order valence-electron chi connectivity index (χ4n) is 4.15. The summed E-state index contributed by atoms with van der Waals surface area (Å²) in [7, 11) is 1.50. The van der Waals surface area contributed by atoms with E-state index < -0.39 is 0 Å². The Kier molecular flexibility index (Phi) is 6.76.